The van der Waals surface area contributed by atoms with Crippen LogP contribution < -0.4 is 10.5 Å². The Balaban J connectivity index is 1.56. The van der Waals surface area contributed by atoms with Crippen molar-refractivity contribution in [3.05, 3.63) is 69.9 Å². The Kier molecular flexibility index (Phi) is 3.34. The van der Waals surface area contributed by atoms with E-state index >= 15 is 0 Å². The average Bonchev–Trinajstić information content (AvgIpc) is 2.51. The standard InChI is InChI=1S/C18H19FN2O/c19-16-6-4-13(5-7-16)9-20-10-14-8-15(12-20)17-2-1-3-18(22)21(17)11-14/h1-7,14-15H,8-12H2/p+1/t14-,15+/m0/s1. The number of pyridine rings is 1. The summed E-state index contributed by atoms with van der Waals surface area (Å²) in [6, 6.07) is 12.5. The van der Waals surface area contributed by atoms with Gasteiger partial charge in [-0.05, 0) is 24.6 Å². The fourth-order valence-electron chi connectivity index (χ4n) is 4.16. The molecule has 2 bridgehead atoms. The maximum atomic E-state index is 13.0. The number of nitrogens with zero attached hydrogens (tertiary/aromatic N) is 1. The van der Waals surface area contributed by atoms with E-state index in [2.05, 4.69) is 6.07 Å². The van der Waals surface area contributed by atoms with Gasteiger partial charge in [0.05, 0.1) is 13.1 Å². The molecule has 3 atom stereocenters. The molecule has 4 rings (SSSR count). The van der Waals surface area contributed by atoms with Crippen molar-refractivity contribution in [2.45, 2.75) is 25.4 Å². The minimum absolute atomic E-state index is 0.134. The minimum Gasteiger partial charge on any atom is -0.330 e. The molecule has 3 heterocycles. The minimum atomic E-state index is -0.178. The second-order valence-electron chi connectivity index (χ2n) is 6.66. The number of likely N-dealkylation sites (tertiary alicyclic amines) is 1. The van der Waals surface area contributed by atoms with Gasteiger partial charge in [0, 0.05) is 35.7 Å². The van der Waals surface area contributed by atoms with E-state index in [1.54, 1.807) is 6.07 Å². The number of quaternary nitrogens is 1. The van der Waals surface area contributed by atoms with Gasteiger partial charge in [-0.15, -0.1) is 0 Å². The van der Waals surface area contributed by atoms with Crippen molar-refractivity contribution in [3.63, 3.8) is 0 Å². The van der Waals surface area contributed by atoms with E-state index in [0.29, 0.717) is 11.8 Å². The van der Waals surface area contributed by atoms with Gasteiger partial charge in [-0.1, -0.05) is 18.2 Å². The molecule has 2 aliphatic rings. The van der Waals surface area contributed by atoms with Crippen LogP contribution >= 0.6 is 0 Å². The number of fused-ring (bicyclic) bond motifs is 4. The summed E-state index contributed by atoms with van der Waals surface area (Å²) >= 11 is 0. The second-order valence-corrected chi connectivity index (χ2v) is 6.66. The maximum Gasteiger partial charge on any atom is 0.250 e. The Morgan fingerprint density at radius 1 is 1.14 bits per heavy atom. The average molecular weight is 299 g/mol. The molecule has 0 saturated carbocycles. The Hall–Kier alpha value is -1.94. The summed E-state index contributed by atoms with van der Waals surface area (Å²) in [4.78, 5) is 13.6. The predicted molar refractivity (Wildman–Crippen MR) is 82.4 cm³/mol. The molecule has 114 valence electrons. The fourth-order valence-corrected chi connectivity index (χ4v) is 4.16. The largest absolute Gasteiger partial charge is 0.330 e. The van der Waals surface area contributed by atoms with Crippen LogP contribution in [-0.4, -0.2) is 17.7 Å². The number of hydrogen-bond acceptors (Lipinski definition) is 1. The first kappa shape index (κ1) is 13.7. The monoisotopic (exact) mass is 299 g/mol. The first-order valence-corrected chi connectivity index (χ1v) is 7.97. The first-order valence-electron chi connectivity index (χ1n) is 7.97. The molecule has 1 aromatic carbocycles. The third-order valence-electron chi connectivity index (χ3n) is 5.04. The van der Waals surface area contributed by atoms with Gasteiger partial charge in [0.1, 0.15) is 12.4 Å². The highest BCUT2D eigenvalue weighted by Gasteiger charge is 2.36. The molecule has 22 heavy (non-hydrogen) atoms. The van der Waals surface area contributed by atoms with Gasteiger partial charge in [-0.25, -0.2) is 4.39 Å². The lowest BCUT2D eigenvalue weighted by atomic mass is 9.83. The zero-order chi connectivity index (χ0) is 15.1. The summed E-state index contributed by atoms with van der Waals surface area (Å²) in [6.45, 7) is 3.93. The molecular formula is C18H20FN2O+. The molecule has 1 aromatic heterocycles. The van der Waals surface area contributed by atoms with E-state index in [0.717, 1.165) is 26.2 Å². The van der Waals surface area contributed by atoms with E-state index in [9.17, 15) is 9.18 Å². The summed E-state index contributed by atoms with van der Waals surface area (Å²) in [6.07, 6.45) is 1.19. The molecule has 1 saturated heterocycles. The molecular weight excluding hydrogens is 279 g/mol. The van der Waals surface area contributed by atoms with E-state index in [-0.39, 0.29) is 11.4 Å². The molecule has 4 heteroatoms. The SMILES string of the molecule is O=c1cccc2n1C[C@H]1C[C@@H]2C[NH+](Cc2ccc(F)cc2)C1. The first-order chi connectivity index (χ1) is 10.7. The zero-order valence-corrected chi connectivity index (χ0v) is 12.5. The van der Waals surface area contributed by atoms with E-state index in [1.807, 2.05) is 22.8 Å². The Labute approximate surface area is 129 Å². The van der Waals surface area contributed by atoms with Crippen molar-refractivity contribution in [1.82, 2.24) is 4.57 Å². The second kappa shape index (κ2) is 5.36. The van der Waals surface area contributed by atoms with Crippen LogP contribution in [0.25, 0.3) is 0 Å². The lowest BCUT2D eigenvalue weighted by Gasteiger charge is -2.40. The predicted octanol–water partition coefficient (Wildman–Crippen LogP) is 1.19. The quantitative estimate of drug-likeness (QED) is 0.886. The molecule has 3 nitrogen and oxygen atoms in total. The van der Waals surface area contributed by atoms with Crippen LogP contribution in [0.4, 0.5) is 4.39 Å². The molecule has 0 spiro atoms. The normalized spacial score (nSPS) is 26.5. The van der Waals surface area contributed by atoms with Crippen LogP contribution in [0.5, 0.6) is 0 Å². The summed E-state index contributed by atoms with van der Waals surface area (Å²) in [5.74, 6) is 0.862. The topological polar surface area (TPSA) is 26.4 Å². The molecule has 1 fully saturated rings. The molecule has 2 aromatic rings. The lowest BCUT2D eigenvalue weighted by molar-refractivity contribution is -0.924. The zero-order valence-electron chi connectivity index (χ0n) is 12.5. The summed E-state index contributed by atoms with van der Waals surface area (Å²) in [7, 11) is 0. The summed E-state index contributed by atoms with van der Waals surface area (Å²) in [5, 5.41) is 0. The molecule has 0 amide bonds. The smallest absolute Gasteiger partial charge is 0.250 e. The van der Waals surface area contributed by atoms with Gasteiger partial charge in [-0.2, -0.15) is 0 Å². The molecule has 1 unspecified atom stereocenters. The summed E-state index contributed by atoms with van der Waals surface area (Å²) in [5.41, 5.74) is 2.51. The van der Waals surface area contributed by atoms with E-state index in [1.165, 1.54) is 34.7 Å². The van der Waals surface area contributed by atoms with Gasteiger partial charge in [0.25, 0.3) is 5.56 Å². The van der Waals surface area contributed by atoms with E-state index in [4.69, 9.17) is 0 Å². The maximum absolute atomic E-state index is 13.0. The fraction of sp³-hybridized carbons (Fsp3) is 0.389. The number of rotatable bonds is 2. The van der Waals surface area contributed by atoms with Crippen LogP contribution in [0, 0.1) is 11.7 Å². The number of piperidine rings is 1. The number of aromatic nitrogens is 1. The van der Waals surface area contributed by atoms with Crippen LogP contribution in [0.15, 0.2) is 47.3 Å². The van der Waals surface area contributed by atoms with E-state index < -0.39 is 0 Å². The lowest BCUT2D eigenvalue weighted by Crippen LogP contribution is -3.13. The van der Waals surface area contributed by atoms with Crippen molar-refractivity contribution in [2.75, 3.05) is 13.1 Å². The van der Waals surface area contributed by atoms with Crippen molar-refractivity contribution in [1.29, 1.82) is 0 Å². The number of hydrogen-bond donors (Lipinski definition) is 1. The van der Waals surface area contributed by atoms with Gasteiger partial charge >= 0.3 is 0 Å². The molecule has 2 aliphatic heterocycles. The van der Waals surface area contributed by atoms with Crippen LogP contribution in [0.2, 0.25) is 0 Å². The van der Waals surface area contributed by atoms with Crippen LogP contribution in [0.1, 0.15) is 23.6 Å². The third-order valence-corrected chi connectivity index (χ3v) is 5.04. The highest BCUT2D eigenvalue weighted by atomic mass is 19.1. The molecule has 0 radical (unpaired) electrons. The van der Waals surface area contributed by atoms with Gasteiger partial charge < -0.3 is 9.47 Å². The van der Waals surface area contributed by atoms with Crippen LogP contribution in [0.3, 0.4) is 0 Å². The Bertz CT molecular complexity index is 737. The Morgan fingerprint density at radius 3 is 2.77 bits per heavy atom. The number of nitrogens with one attached hydrogen (secondary N) is 1. The van der Waals surface area contributed by atoms with Crippen molar-refractivity contribution in [3.8, 4) is 0 Å². The molecule has 1 N–H and O–H groups in total. The number of benzene rings is 1. The number of halogens is 1. The van der Waals surface area contributed by atoms with Gasteiger partial charge in [-0.3, -0.25) is 4.79 Å². The van der Waals surface area contributed by atoms with Crippen molar-refractivity contribution in [2.24, 2.45) is 5.92 Å². The van der Waals surface area contributed by atoms with Gasteiger partial charge in [0.15, 0.2) is 0 Å². The highest BCUT2D eigenvalue weighted by Crippen LogP contribution is 2.30. The van der Waals surface area contributed by atoms with Gasteiger partial charge in [0.2, 0.25) is 0 Å². The highest BCUT2D eigenvalue weighted by molar-refractivity contribution is 5.17. The Morgan fingerprint density at radius 2 is 1.95 bits per heavy atom. The van der Waals surface area contributed by atoms with Crippen LogP contribution in [-0.2, 0) is 13.1 Å². The third kappa shape index (κ3) is 2.48. The van der Waals surface area contributed by atoms with Crippen molar-refractivity contribution < 1.29 is 9.29 Å². The summed E-state index contributed by atoms with van der Waals surface area (Å²) < 4.78 is 15.0. The molecule has 0 aliphatic carbocycles. The van der Waals surface area contributed by atoms with Crippen molar-refractivity contribution >= 4 is 0 Å².